The predicted octanol–water partition coefficient (Wildman–Crippen LogP) is 14.3. The van der Waals surface area contributed by atoms with Gasteiger partial charge in [0.2, 0.25) is 0 Å². The average molecular weight is 757 g/mol. The highest BCUT2D eigenvalue weighted by Gasteiger charge is 2.20. The van der Waals surface area contributed by atoms with Crippen molar-refractivity contribution in [1.29, 1.82) is 0 Å². The van der Waals surface area contributed by atoms with Crippen LogP contribution in [0.3, 0.4) is 0 Å². The molecule has 3 nitrogen and oxygen atoms in total. The molecule has 0 unspecified atom stereocenters. The van der Waals surface area contributed by atoms with Gasteiger partial charge in [-0.15, -0.1) is 0 Å². The molecule has 266 valence electrons. The lowest BCUT2D eigenvalue weighted by Crippen LogP contribution is -1.98. The number of rotatable bonds is 5. The highest BCUT2D eigenvalue weighted by Crippen LogP contribution is 2.41. The third-order valence-corrected chi connectivity index (χ3v) is 9.61. The third-order valence-electron chi connectivity index (χ3n) is 9.61. The summed E-state index contributed by atoms with van der Waals surface area (Å²) in [6.45, 7) is 0. The molecule has 0 aliphatic rings. The molecule has 0 saturated carbocycles. The maximum atomic E-state index is 10.3. The summed E-state index contributed by atoms with van der Waals surface area (Å²) in [6, 6.07) is -21.0. The van der Waals surface area contributed by atoms with Crippen LogP contribution in [0.15, 0.2) is 212 Å². The van der Waals surface area contributed by atoms with E-state index in [2.05, 4.69) is 0 Å². The van der Waals surface area contributed by atoms with Crippen LogP contribution in [-0.4, -0.2) is 13.7 Å². The molecule has 0 N–H and O–H groups in total. The lowest BCUT2D eigenvalue weighted by atomic mass is 10.0. The van der Waals surface area contributed by atoms with Crippen LogP contribution in [0.4, 0.5) is 0 Å². The second-order valence-corrected chi connectivity index (χ2v) is 12.6. The van der Waals surface area contributed by atoms with E-state index in [1.807, 2.05) is 0 Å². The Balaban J connectivity index is 1.23. The Morgan fingerprint density at radius 3 is 1.37 bits per heavy atom. The average Bonchev–Trinajstić information content (AvgIpc) is 1.85. The van der Waals surface area contributed by atoms with E-state index in [0.717, 1.165) is 13.7 Å². The van der Waals surface area contributed by atoms with Gasteiger partial charge in [-0.3, -0.25) is 0 Å². The monoisotopic (exact) mass is 756 g/mol. The van der Waals surface area contributed by atoms with Gasteiger partial charge in [-0.25, -0.2) is 0 Å². The Morgan fingerprint density at radius 1 is 0.281 bits per heavy atom. The van der Waals surface area contributed by atoms with E-state index in [-0.39, 0.29) is 22.3 Å². The molecule has 57 heavy (non-hydrogen) atoms. The summed E-state index contributed by atoms with van der Waals surface area (Å²) in [5.74, 6) is 0. The van der Waals surface area contributed by atoms with Gasteiger partial charge in [0.1, 0.15) is 0 Å². The first-order valence-electron chi connectivity index (χ1n) is 32.6. The van der Waals surface area contributed by atoms with Crippen molar-refractivity contribution in [2.45, 2.75) is 0 Å². The zero-order chi connectivity index (χ0) is 64.4. The highest BCUT2D eigenvalue weighted by atomic mass is 15.0. The quantitative estimate of drug-likeness (QED) is 0.166. The van der Waals surface area contributed by atoms with Crippen LogP contribution < -0.4 is 0 Å². The molecule has 0 fully saturated rings. The Labute approximate surface area is 373 Å². The van der Waals surface area contributed by atoms with Gasteiger partial charge in [0, 0.05) is 43.7 Å². The van der Waals surface area contributed by atoms with Crippen LogP contribution in [0.2, 0.25) is 0 Å². The number of hydrogen-bond acceptors (Lipinski definition) is 0. The molecule has 12 rings (SSSR count). The van der Waals surface area contributed by atoms with Gasteiger partial charge in [0.25, 0.3) is 0 Å². The third kappa shape index (κ3) is 4.79. The van der Waals surface area contributed by atoms with E-state index in [0.29, 0.717) is 0 Å². The minimum Gasteiger partial charge on any atom is -0.309 e. The highest BCUT2D eigenvalue weighted by molar-refractivity contribution is 6.17. The van der Waals surface area contributed by atoms with Crippen molar-refractivity contribution in [2.24, 2.45) is 0 Å². The molecule has 3 heterocycles. The summed E-state index contributed by atoms with van der Waals surface area (Å²) in [5, 5.41) is -3.00. The maximum absolute atomic E-state index is 10.3. The van der Waals surface area contributed by atoms with Crippen molar-refractivity contribution >= 4 is 65.4 Å². The van der Waals surface area contributed by atoms with Crippen LogP contribution >= 0.6 is 0 Å². The fourth-order valence-corrected chi connectivity index (χ4v) is 7.20. The van der Waals surface area contributed by atoms with Crippen LogP contribution in [0.25, 0.3) is 105 Å². The van der Waals surface area contributed by atoms with Gasteiger partial charge in [-0.2, -0.15) is 0 Å². The van der Waals surface area contributed by atoms with E-state index < -0.39 is 270 Å². The molecule has 0 aliphatic heterocycles. The van der Waals surface area contributed by atoms with E-state index >= 15 is 0 Å². The van der Waals surface area contributed by atoms with Crippen LogP contribution in [0.5, 0.6) is 0 Å². The molecule has 0 saturated heterocycles. The first-order chi connectivity index (χ1) is 41.2. The number of fused-ring (bicyclic) bond motifs is 9. The van der Waals surface area contributed by atoms with Crippen LogP contribution in [0, 0.1) is 0 Å². The zero-order valence-electron chi connectivity index (χ0n) is 59.7. The van der Waals surface area contributed by atoms with Gasteiger partial charge in [0.05, 0.1) is 81.3 Å². The summed E-state index contributed by atoms with van der Waals surface area (Å²) in [7, 11) is 0. The first-order valence-corrected chi connectivity index (χ1v) is 17.1. The van der Waals surface area contributed by atoms with Crippen LogP contribution in [-0.2, 0) is 0 Å². The molecule has 12 aromatic rings. The second-order valence-electron chi connectivity index (χ2n) is 12.6. The number of aromatic nitrogens is 3. The predicted molar refractivity (Wildman–Crippen MR) is 240 cm³/mol. The number of hydrogen-bond donors (Lipinski definition) is 0. The Morgan fingerprint density at radius 2 is 0.737 bits per heavy atom. The molecule has 3 aromatic heterocycles. The molecule has 3 heteroatoms. The van der Waals surface area contributed by atoms with Crippen molar-refractivity contribution in [2.75, 3.05) is 0 Å². The fraction of sp³-hybridized carbons (Fsp3) is 0. The standard InChI is InChI=1S/C54H35N3/c1-2-13-36(14-3-1)37-25-27-38(28-26-37)39-29-31-40(32-30-39)55-47-19-8-4-17-44(47)45-34-33-41(35-53(45)55)56-50-22-11-7-18-46(50)54-51(56)23-12-24-52(54)57-48-20-9-5-15-42(48)43-16-6-10-21-49(43)57/h1-35H/i1D,2D,3D,4D,5D,6D,7D,8D,9D,10D,11D,12D,13D,14D,15D,16D,17D,18D,19D,20D,21D,22D,23D,24D,25D,26D,27D,28D,33D,34D,35D. The molecule has 0 atom stereocenters. The molecule has 0 bridgehead atoms. The summed E-state index contributed by atoms with van der Waals surface area (Å²) in [6.07, 6.45) is 0. The van der Waals surface area contributed by atoms with Gasteiger partial charge >= 0.3 is 0 Å². The fourth-order valence-electron chi connectivity index (χ4n) is 7.20. The molecule has 9 aromatic carbocycles. The summed E-state index contributed by atoms with van der Waals surface area (Å²) in [5.41, 5.74) is -6.52. The summed E-state index contributed by atoms with van der Waals surface area (Å²) < 4.78 is 283. The first kappa shape index (κ1) is 13.8. The molecule has 0 spiro atoms. The topological polar surface area (TPSA) is 14.8 Å². The van der Waals surface area contributed by atoms with Gasteiger partial charge in [-0.05, 0) is 82.7 Å². The van der Waals surface area contributed by atoms with E-state index in [9.17, 15) is 16.4 Å². The van der Waals surface area contributed by atoms with Crippen molar-refractivity contribution in [1.82, 2.24) is 13.7 Å². The van der Waals surface area contributed by atoms with Crippen molar-refractivity contribution < 1.29 is 42.5 Å². The number of nitrogens with zero attached hydrogens (tertiary/aromatic N) is 3. The summed E-state index contributed by atoms with van der Waals surface area (Å²) >= 11 is 0. The number of para-hydroxylation sites is 4. The molecule has 0 aliphatic carbocycles. The second kappa shape index (κ2) is 12.5. The van der Waals surface area contributed by atoms with Gasteiger partial charge in [0.15, 0.2) is 0 Å². The van der Waals surface area contributed by atoms with E-state index in [1.54, 1.807) is 0 Å². The summed E-state index contributed by atoms with van der Waals surface area (Å²) in [4.78, 5) is 0. The van der Waals surface area contributed by atoms with Crippen LogP contribution in [0.1, 0.15) is 42.5 Å². The lowest BCUT2D eigenvalue weighted by molar-refractivity contribution is 1.15. The smallest absolute Gasteiger partial charge is 0.0667 e. The maximum Gasteiger partial charge on any atom is 0.0667 e. The van der Waals surface area contributed by atoms with E-state index in [4.69, 9.17) is 26.0 Å². The molecule has 0 amide bonds. The minimum absolute atomic E-state index is 0.0232. The minimum atomic E-state index is -1.02. The Bertz CT molecular complexity index is 5190. The normalized spacial score (nSPS) is 19.5. The molecule has 0 radical (unpaired) electrons. The lowest BCUT2D eigenvalue weighted by Gasteiger charge is -2.13. The largest absolute Gasteiger partial charge is 0.309 e. The van der Waals surface area contributed by atoms with Gasteiger partial charge < -0.3 is 13.7 Å². The Hall–Kier alpha value is -7.62. The SMILES string of the molecule is [2H]c1c([2H])c([2H])c(-c2c([2H])c([2H])c(-c3ccc(-n4c5c([2H])c([2H])c([2H])c([2H])c5c5c([2H])c([2H])c(-n6c7c([2H])c([2H])c([2H])c([2H])c7c7c(-n8c9c([2H])c([2H])c([2H])c([2H])c9c9c([2H])c([2H])c([2H])c([2H])c98)c([2H])c([2H])c([2H])c76)c([2H])c54)cc3)c([2H])c2[2H])c([2H])c1[2H]. The van der Waals surface area contributed by atoms with E-state index in [1.165, 1.54) is 24.3 Å². The number of benzene rings is 9. The Kier molecular flexibility index (Phi) is 3.02. The molecular formula is C54H35N3. The van der Waals surface area contributed by atoms with Crippen molar-refractivity contribution in [3.05, 3.63) is 212 Å². The van der Waals surface area contributed by atoms with Gasteiger partial charge in [-0.1, -0.05) is 151 Å². The van der Waals surface area contributed by atoms with Crippen molar-refractivity contribution in [3.8, 4) is 39.3 Å². The zero-order valence-corrected chi connectivity index (χ0v) is 28.7. The molecular weight excluding hydrogens is 691 g/mol. The van der Waals surface area contributed by atoms with Crippen molar-refractivity contribution in [3.63, 3.8) is 0 Å².